The van der Waals surface area contributed by atoms with Crippen LogP contribution in [0.5, 0.6) is 11.5 Å². The van der Waals surface area contributed by atoms with Crippen molar-refractivity contribution in [1.29, 1.82) is 0 Å². The molecule has 1 aliphatic rings. The summed E-state index contributed by atoms with van der Waals surface area (Å²) < 4.78 is 48.8. The fourth-order valence-corrected chi connectivity index (χ4v) is 4.80. The van der Waals surface area contributed by atoms with E-state index >= 15 is 8.78 Å². The number of ether oxygens (including phenoxy) is 2. The Kier molecular flexibility index (Phi) is 8.39. The van der Waals surface area contributed by atoms with Crippen LogP contribution in [-0.4, -0.2) is 33.8 Å². The first-order valence-corrected chi connectivity index (χ1v) is 14.6. The van der Waals surface area contributed by atoms with Gasteiger partial charge in [-0.25, -0.2) is 13.6 Å². The Balaban J connectivity index is 1.52. The molecule has 1 aliphatic heterocycles. The van der Waals surface area contributed by atoms with Crippen LogP contribution in [-0.2, 0) is 27.4 Å². The molecule has 1 N–H and O–H groups in total. The van der Waals surface area contributed by atoms with Crippen molar-refractivity contribution in [3.63, 3.8) is 0 Å². The number of carbonyl (C=O) groups excluding carboxylic acids is 2. The molecule has 4 aromatic rings. The second-order valence-electron chi connectivity index (χ2n) is 13.0. The van der Waals surface area contributed by atoms with Crippen molar-refractivity contribution in [1.82, 2.24) is 15.5 Å². The van der Waals surface area contributed by atoms with E-state index in [4.69, 9.17) is 13.9 Å². The number of aromatic nitrogens is 2. The number of alkyl carbamates (subject to hydrolysis) is 1. The third-order valence-electron chi connectivity index (χ3n) is 6.95. The molecular formula is C34H36F2N4O5. The van der Waals surface area contributed by atoms with Gasteiger partial charge < -0.3 is 24.1 Å². The number of nitrogens with one attached hydrogen (secondary N) is 1. The summed E-state index contributed by atoms with van der Waals surface area (Å²) in [5, 5.41) is 10.6. The van der Waals surface area contributed by atoms with Gasteiger partial charge in [-0.05, 0) is 62.7 Å². The van der Waals surface area contributed by atoms with Gasteiger partial charge in [0, 0.05) is 23.0 Å². The Morgan fingerprint density at radius 3 is 2.27 bits per heavy atom. The Labute approximate surface area is 260 Å². The normalized spacial score (nSPS) is 16.5. The Bertz CT molecular complexity index is 1680. The van der Waals surface area contributed by atoms with Crippen molar-refractivity contribution in [3.8, 4) is 23.0 Å². The molecule has 11 heteroatoms. The van der Waals surface area contributed by atoms with Crippen LogP contribution in [0, 0.1) is 0 Å². The maximum Gasteiger partial charge on any atom is 0.408 e. The number of alkyl halides is 2. The minimum Gasteiger partial charge on any atom is -0.457 e. The highest BCUT2D eigenvalue weighted by molar-refractivity contribution is 6.00. The van der Waals surface area contributed by atoms with Gasteiger partial charge in [-0.3, -0.25) is 4.79 Å². The van der Waals surface area contributed by atoms with Gasteiger partial charge in [-0.15, -0.1) is 10.2 Å². The topological polar surface area (TPSA) is 107 Å². The van der Waals surface area contributed by atoms with E-state index in [1.807, 2.05) is 51.1 Å². The molecule has 236 valence electrons. The van der Waals surface area contributed by atoms with Crippen LogP contribution in [0.1, 0.15) is 65.0 Å². The van der Waals surface area contributed by atoms with E-state index in [0.29, 0.717) is 28.5 Å². The second-order valence-corrected chi connectivity index (χ2v) is 13.0. The Hall–Kier alpha value is -4.80. The number of nitrogens with zero attached hydrogens (tertiary/aromatic N) is 3. The van der Waals surface area contributed by atoms with Crippen LogP contribution in [0.4, 0.5) is 19.3 Å². The molecule has 1 aromatic heterocycles. The first kappa shape index (κ1) is 31.6. The summed E-state index contributed by atoms with van der Waals surface area (Å²) in [5.41, 5.74) is -0.700. The summed E-state index contributed by atoms with van der Waals surface area (Å²) in [7, 11) is 0. The lowest BCUT2D eigenvalue weighted by atomic mass is 9.97. The zero-order valence-electron chi connectivity index (χ0n) is 26.1. The molecule has 0 fully saturated rings. The van der Waals surface area contributed by atoms with Crippen LogP contribution < -0.4 is 15.0 Å². The number of benzene rings is 3. The predicted octanol–water partition coefficient (Wildman–Crippen LogP) is 7.75. The first-order valence-electron chi connectivity index (χ1n) is 14.6. The van der Waals surface area contributed by atoms with Gasteiger partial charge in [0.15, 0.2) is 0 Å². The van der Waals surface area contributed by atoms with Gasteiger partial charge in [0.25, 0.3) is 5.92 Å². The highest BCUT2D eigenvalue weighted by Gasteiger charge is 2.46. The van der Waals surface area contributed by atoms with Gasteiger partial charge in [0.1, 0.15) is 23.1 Å². The zero-order valence-corrected chi connectivity index (χ0v) is 26.1. The second kappa shape index (κ2) is 11.9. The third-order valence-corrected chi connectivity index (χ3v) is 6.95. The van der Waals surface area contributed by atoms with Crippen molar-refractivity contribution >= 4 is 17.7 Å². The highest BCUT2D eigenvalue weighted by Crippen LogP contribution is 2.44. The molecule has 0 spiro atoms. The van der Waals surface area contributed by atoms with E-state index in [9.17, 15) is 9.59 Å². The molecule has 0 saturated heterocycles. The van der Waals surface area contributed by atoms with Crippen LogP contribution in [0.15, 0.2) is 77.2 Å². The standard InChI is InChI=1S/C34H36F2N4O5/c1-32(2,3)30-39-38-28(44-30)22-14-17-25-27(18-22)40(20-21-12-15-24(16-13-21)43-23-10-8-7-9-11-23)29(41)26(19-34(25,35)36)37-31(42)45-33(4,5)6/h7-18,26H,19-20H2,1-6H3,(H,37,42). The summed E-state index contributed by atoms with van der Waals surface area (Å²) in [6, 6.07) is 18.8. The number of amides is 2. The van der Waals surface area contributed by atoms with Crippen LogP contribution >= 0.6 is 0 Å². The number of carbonyl (C=O) groups is 2. The molecule has 2 heterocycles. The molecule has 2 amide bonds. The monoisotopic (exact) mass is 618 g/mol. The van der Waals surface area contributed by atoms with Gasteiger partial charge >= 0.3 is 6.09 Å². The van der Waals surface area contributed by atoms with Crippen molar-refractivity contribution in [2.75, 3.05) is 4.90 Å². The zero-order chi connectivity index (χ0) is 32.6. The van der Waals surface area contributed by atoms with E-state index in [0.717, 1.165) is 0 Å². The lowest BCUT2D eigenvalue weighted by molar-refractivity contribution is -0.123. The number of hydrogen-bond donors (Lipinski definition) is 1. The SMILES string of the molecule is CC(C)(C)OC(=O)NC1CC(F)(F)c2ccc(-c3nnc(C(C)(C)C)o3)cc2N(Cc2ccc(Oc3ccccc3)cc2)C1=O. The van der Waals surface area contributed by atoms with E-state index in [-0.39, 0.29) is 23.7 Å². The Morgan fingerprint density at radius 2 is 1.64 bits per heavy atom. The van der Waals surface area contributed by atoms with Crippen LogP contribution in [0.25, 0.3) is 11.5 Å². The molecular weight excluding hydrogens is 582 g/mol. The lowest BCUT2D eigenvalue weighted by Gasteiger charge is -2.27. The van der Waals surface area contributed by atoms with Gasteiger partial charge in [-0.2, -0.15) is 0 Å². The van der Waals surface area contributed by atoms with Crippen molar-refractivity contribution in [2.45, 2.75) is 77.5 Å². The fourth-order valence-electron chi connectivity index (χ4n) is 4.80. The minimum absolute atomic E-state index is 0.0314. The maximum atomic E-state index is 15.9. The molecule has 9 nitrogen and oxygen atoms in total. The average Bonchev–Trinajstić information content (AvgIpc) is 3.44. The average molecular weight is 619 g/mol. The number of halogens is 2. The van der Waals surface area contributed by atoms with E-state index in [1.165, 1.54) is 23.1 Å². The molecule has 0 aliphatic carbocycles. The molecule has 3 aromatic carbocycles. The summed E-state index contributed by atoms with van der Waals surface area (Å²) in [5.74, 6) is -2.46. The number of para-hydroxylation sites is 1. The quantitative estimate of drug-likeness (QED) is 0.235. The van der Waals surface area contributed by atoms with Crippen LogP contribution in [0.3, 0.4) is 0 Å². The largest absolute Gasteiger partial charge is 0.457 e. The maximum absolute atomic E-state index is 15.9. The summed E-state index contributed by atoms with van der Waals surface area (Å²) in [4.78, 5) is 27.9. The van der Waals surface area contributed by atoms with Crippen molar-refractivity contribution < 1.29 is 32.3 Å². The van der Waals surface area contributed by atoms with Crippen LogP contribution in [0.2, 0.25) is 0 Å². The lowest BCUT2D eigenvalue weighted by Crippen LogP contribution is -2.49. The molecule has 45 heavy (non-hydrogen) atoms. The first-order chi connectivity index (χ1) is 21.1. The summed E-state index contributed by atoms with van der Waals surface area (Å²) in [6.07, 6.45) is -1.92. The van der Waals surface area contributed by atoms with E-state index in [1.54, 1.807) is 45.0 Å². The Morgan fingerprint density at radius 1 is 0.978 bits per heavy atom. The number of fused-ring (bicyclic) bond motifs is 1. The molecule has 5 rings (SSSR count). The summed E-state index contributed by atoms with van der Waals surface area (Å²) >= 11 is 0. The number of anilines is 1. The predicted molar refractivity (Wildman–Crippen MR) is 164 cm³/mol. The van der Waals surface area contributed by atoms with Gasteiger partial charge in [-0.1, -0.05) is 57.2 Å². The highest BCUT2D eigenvalue weighted by atomic mass is 19.3. The third kappa shape index (κ3) is 7.47. The molecule has 0 bridgehead atoms. The minimum atomic E-state index is -3.48. The van der Waals surface area contributed by atoms with Crippen molar-refractivity contribution in [3.05, 3.63) is 89.8 Å². The molecule has 1 unspecified atom stereocenters. The van der Waals surface area contributed by atoms with E-state index < -0.39 is 41.4 Å². The van der Waals surface area contributed by atoms with Gasteiger partial charge in [0.2, 0.25) is 17.7 Å². The molecule has 0 saturated carbocycles. The fraction of sp³-hybridized carbons (Fsp3) is 0.353. The van der Waals surface area contributed by atoms with E-state index in [2.05, 4.69) is 15.5 Å². The number of rotatable bonds is 6. The van der Waals surface area contributed by atoms with Crippen molar-refractivity contribution in [2.24, 2.45) is 0 Å². The molecule has 0 radical (unpaired) electrons. The smallest absolute Gasteiger partial charge is 0.408 e. The van der Waals surface area contributed by atoms with Gasteiger partial charge in [0.05, 0.1) is 12.2 Å². The molecule has 1 atom stereocenters. The summed E-state index contributed by atoms with van der Waals surface area (Å²) in [6.45, 7) is 10.6. The number of hydrogen-bond acceptors (Lipinski definition) is 7.